The molecule has 0 aromatic heterocycles. The van der Waals surface area contributed by atoms with Gasteiger partial charge in [0, 0.05) is 49.4 Å². The Morgan fingerprint density at radius 1 is 0.939 bits per heavy atom. The second kappa shape index (κ2) is 13.8. The molecule has 1 unspecified atom stereocenters. The topological polar surface area (TPSA) is 109 Å². The first-order valence-electron chi connectivity index (χ1n) is 16.6. The number of benzene rings is 3. The molecule has 262 valence electrons. The first-order valence-corrected chi connectivity index (χ1v) is 18.4. The number of likely N-dealkylation sites (N-methyl/N-ethyl adjacent to an activating group) is 1. The predicted molar refractivity (Wildman–Crippen MR) is 187 cm³/mol. The van der Waals surface area contributed by atoms with Gasteiger partial charge in [-0.15, -0.1) is 0 Å². The molecule has 2 atom stereocenters. The zero-order valence-electron chi connectivity index (χ0n) is 28.6. The van der Waals surface area contributed by atoms with E-state index >= 15 is 4.79 Å². The molecule has 0 radical (unpaired) electrons. The number of fused-ring (bicyclic) bond motifs is 1. The van der Waals surface area contributed by atoms with Crippen molar-refractivity contribution in [1.82, 2.24) is 14.7 Å². The third kappa shape index (κ3) is 5.92. The van der Waals surface area contributed by atoms with Gasteiger partial charge in [0.1, 0.15) is 22.1 Å². The highest BCUT2D eigenvalue weighted by Gasteiger charge is 2.63. The Morgan fingerprint density at radius 2 is 1.69 bits per heavy atom. The van der Waals surface area contributed by atoms with Gasteiger partial charge in [-0.25, -0.2) is 12.7 Å². The number of anilines is 1. The van der Waals surface area contributed by atoms with Gasteiger partial charge < -0.3 is 19.1 Å². The second-order valence-electron chi connectivity index (χ2n) is 12.8. The average molecular weight is 711 g/mol. The van der Waals surface area contributed by atoms with Crippen molar-refractivity contribution in [3.8, 4) is 17.2 Å². The quantitative estimate of drug-likeness (QED) is 0.275. The van der Waals surface area contributed by atoms with Gasteiger partial charge >= 0.3 is 0 Å². The largest absolute Gasteiger partial charge is 0.497 e. The van der Waals surface area contributed by atoms with Gasteiger partial charge in [0.2, 0.25) is 5.91 Å². The number of hydrogen-bond acceptors (Lipinski definition) is 9. The lowest BCUT2D eigenvalue weighted by Gasteiger charge is -2.42. The lowest BCUT2D eigenvalue weighted by atomic mass is 9.80. The molecule has 0 aliphatic carbocycles. The lowest BCUT2D eigenvalue weighted by Crippen LogP contribution is -2.59. The zero-order chi connectivity index (χ0) is 35.1. The van der Waals surface area contributed by atoms with Crippen molar-refractivity contribution in [3.05, 3.63) is 76.3 Å². The van der Waals surface area contributed by atoms with Crippen LogP contribution in [0.5, 0.6) is 17.2 Å². The summed E-state index contributed by atoms with van der Waals surface area (Å²) in [6, 6.07) is 14.1. The highest BCUT2D eigenvalue weighted by molar-refractivity contribution is 7.93. The molecule has 3 heterocycles. The number of likely N-dealkylation sites (tertiary alicyclic amines) is 2. The summed E-state index contributed by atoms with van der Waals surface area (Å²) in [6.45, 7) is 5.24. The number of halogens is 1. The minimum absolute atomic E-state index is 0.0169. The molecule has 0 N–H and O–H groups in total. The third-order valence-electron chi connectivity index (χ3n) is 9.70. The van der Waals surface area contributed by atoms with E-state index in [-0.39, 0.29) is 22.2 Å². The van der Waals surface area contributed by atoms with Gasteiger partial charge in [0.05, 0.1) is 32.6 Å². The molecule has 3 aliphatic heterocycles. The fourth-order valence-corrected chi connectivity index (χ4v) is 9.30. The van der Waals surface area contributed by atoms with Gasteiger partial charge in [0.15, 0.2) is 5.54 Å². The van der Waals surface area contributed by atoms with Crippen molar-refractivity contribution in [3.63, 3.8) is 0 Å². The summed E-state index contributed by atoms with van der Waals surface area (Å²) in [7, 11) is 1.58. The molecular formula is C36H43ClN4O7S. The van der Waals surface area contributed by atoms with Gasteiger partial charge in [-0.1, -0.05) is 23.7 Å². The summed E-state index contributed by atoms with van der Waals surface area (Å²) in [5.41, 5.74) is 0.171. The maximum Gasteiger partial charge on any atom is 0.274 e. The van der Waals surface area contributed by atoms with Crippen LogP contribution in [0.4, 0.5) is 5.69 Å². The first kappa shape index (κ1) is 35.0. The fraction of sp³-hybridized carbons (Fsp3) is 0.444. The summed E-state index contributed by atoms with van der Waals surface area (Å²) in [6.07, 6.45) is 3.39. The number of carbonyl (C=O) groups is 2. The highest BCUT2D eigenvalue weighted by Crippen LogP contribution is 2.55. The Morgan fingerprint density at radius 3 is 2.37 bits per heavy atom. The van der Waals surface area contributed by atoms with Crippen molar-refractivity contribution in [2.24, 2.45) is 0 Å². The van der Waals surface area contributed by atoms with Gasteiger partial charge in [-0.3, -0.25) is 19.4 Å². The number of carbonyl (C=O) groups excluding carboxylic acids is 2. The van der Waals surface area contributed by atoms with Crippen molar-refractivity contribution in [1.29, 1.82) is 0 Å². The predicted octanol–water partition coefficient (Wildman–Crippen LogP) is 4.88. The van der Waals surface area contributed by atoms with Crippen LogP contribution in [0.2, 0.25) is 5.02 Å². The van der Waals surface area contributed by atoms with E-state index < -0.39 is 27.5 Å². The Hall–Kier alpha value is -3.84. The number of ether oxygens (including phenoxy) is 3. The van der Waals surface area contributed by atoms with E-state index in [1.807, 2.05) is 30.0 Å². The molecule has 2 fully saturated rings. The zero-order valence-corrected chi connectivity index (χ0v) is 30.1. The van der Waals surface area contributed by atoms with Crippen LogP contribution in [-0.2, 0) is 31.7 Å². The molecule has 49 heavy (non-hydrogen) atoms. The molecule has 13 heteroatoms. The number of methoxy groups -OCH3 is 2. The SMILES string of the molecule is CCOc1cc(CN2CCCC2)ccc1C1(N2CCC[C@H]2C(=O)N(C)C)C(=O)N(S(=O)(=O)c2ccc(OC)cc2OC)c2ccc(Cl)cc21. The molecule has 3 aliphatic rings. The average Bonchev–Trinajstić information content (AvgIpc) is 3.83. The van der Waals surface area contributed by atoms with Crippen molar-refractivity contribution in [2.45, 2.75) is 55.6 Å². The summed E-state index contributed by atoms with van der Waals surface area (Å²) in [5.74, 6) is -0.0853. The van der Waals surface area contributed by atoms with Crippen molar-refractivity contribution in [2.75, 3.05) is 58.9 Å². The molecule has 2 amide bonds. The molecule has 0 bridgehead atoms. The van der Waals surface area contributed by atoms with E-state index in [4.69, 9.17) is 25.8 Å². The molecule has 0 spiro atoms. The van der Waals surface area contributed by atoms with Crippen LogP contribution in [0.3, 0.4) is 0 Å². The van der Waals surface area contributed by atoms with Gasteiger partial charge in [-0.05, 0) is 87.7 Å². The Bertz CT molecular complexity index is 1860. The Kier molecular flexibility index (Phi) is 9.87. The molecule has 6 rings (SSSR count). The maximum absolute atomic E-state index is 15.6. The van der Waals surface area contributed by atoms with Crippen LogP contribution in [0.1, 0.15) is 49.3 Å². The van der Waals surface area contributed by atoms with E-state index in [2.05, 4.69) is 4.90 Å². The number of nitrogens with zero attached hydrogens (tertiary/aromatic N) is 4. The monoisotopic (exact) mass is 710 g/mol. The van der Waals surface area contributed by atoms with E-state index in [0.717, 1.165) is 35.8 Å². The molecule has 0 saturated carbocycles. The normalized spacial score (nSPS) is 21.2. The van der Waals surface area contributed by atoms with Gasteiger partial charge in [0.25, 0.3) is 15.9 Å². The summed E-state index contributed by atoms with van der Waals surface area (Å²) in [4.78, 5) is 34.9. The van der Waals surface area contributed by atoms with Crippen LogP contribution in [0.15, 0.2) is 59.5 Å². The van der Waals surface area contributed by atoms with E-state index in [1.54, 1.807) is 32.3 Å². The number of rotatable bonds is 11. The smallest absolute Gasteiger partial charge is 0.274 e. The first-order chi connectivity index (χ1) is 23.5. The number of amides is 2. The van der Waals surface area contributed by atoms with Crippen LogP contribution in [-0.4, -0.2) is 95.5 Å². The van der Waals surface area contributed by atoms with E-state index in [9.17, 15) is 13.2 Å². The Labute approximate surface area is 293 Å². The summed E-state index contributed by atoms with van der Waals surface area (Å²) < 4.78 is 47.6. The lowest BCUT2D eigenvalue weighted by molar-refractivity contribution is -0.138. The maximum atomic E-state index is 15.6. The molecule has 3 aromatic rings. The molecule has 2 saturated heterocycles. The third-order valence-corrected chi connectivity index (χ3v) is 11.7. The van der Waals surface area contributed by atoms with Crippen LogP contribution in [0.25, 0.3) is 0 Å². The molecule has 11 nitrogen and oxygen atoms in total. The van der Waals surface area contributed by atoms with E-state index in [1.165, 1.54) is 37.3 Å². The standard InChI is InChI=1S/C36H43ClN4O7S/c1-6-48-31-20-24(23-39-17-7-8-18-39)11-14-27(31)36(40-19-9-10-30(40)34(42)38(2)3)28-21-25(37)12-15-29(28)41(35(36)43)49(44,45)33-16-13-26(46-4)22-32(33)47-5/h11-16,20-22,30H,6-10,17-19,23H2,1-5H3/t30-,36?/m0/s1. The van der Waals surface area contributed by atoms with Crippen molar-refractivity contribution < 1.29 is 32.2 Å². The molecular weight excluding hydrogens is 668 g/mol. The van der Waals surface area contributed by atoms with Crippen LogP contribution >= 0.6 is 11.6 Å². The van der Waals surface area contributed by atoms with Crippen LogP contribution in [0, 0.1) is 0 Å². The minimum Gasteiger partial charge on any atom is -0.497 e. The van der Waals surface area contributed by atoms with Crippen LogP contribution < -0.4 is 18.5 Å². The second-order valence-corrected chi connectivity index (χ2v) is 15.0. The molecule has 3 aromatic carbocycles. The number of hydrogen-bond donors (Lipinski definition) is 0. The minimum atomic E-state index is -4.60. The van der Waals surface area contributed by atoms with Crippen molar-refractivity contribution >= 4 is 39.1 Å². The number of sulfonamides is 1. The summed E-state index contributed by atoms with van der Waals surface area (Å²) in [5, 5.41) is 0.315. The highest BCUT2D eigenvalue weighted by atomic mass is 35.5. The fourth-order valence-electron chi connectivity index (χ4n) is 7.53. The Balaban J connectivity index is 1.63. The van der Waals surface area contributed by atoms with E-state index in [0.29, 0.717) is 60.2 Å². The summed E-state index contributed by atoms with van der Waals surface area (Å²) >= 11 is 6.68. The van der Waals surface area contributed by atoms with Gasteiger partial charge in [-0.2, -0.15) is 0 Å².